The average molecular weight is 215 g/mol. The zero-order valence-corrected chi connectivity index (χ0v) is 9.28. The number of nitrogens with one attached hydrogen (secondary N) is 1. The second-order valence-electron chi connectivity index (χ2n) is 3.54. The monoisotopic (exact) mass is 215 g/mol. The number of hydrogen-bond donors (Lipinski definition) is 2. The SMILES string of the molecule is CNSc1cc(F)cc(C(C)(C)O)c1. The molecule has 0 aliphatic carbocycles. The van der Waals surface area contributed by atoms with E-state index in [1.807, 2.05) is 0 Å². The summed E-state index contributed by atoms with van der Waals surface area (Å²) in [6.45, 7) is 3.27. The molecule has 0 spiro atoms. The first-order valence-electron chi connectivity index (χ1n) is 4.30. The first-order valence-corrected chi connectivity index (χ1v) is 5.12. The summed E-state index contributed by atoms with van der Waals surface area (Å²) in [5.41, 5.74) is -0.430. The molecule has 0 aromatic heterocycles. The number of aliphatic hydroxyl groups is 1. The first-order chi connectivity index (χ1) is 6.43. The largest absolute Gasteiger partial charge is 0.386 e. The topological polar surface area (TPSA) is 32.3 Å². The van der Waals surface area contributed by atoms with Crippen molar-refractivity contribution in [1.29, 1.82) is 0 Å². The molecule has 0 saturated heterocycles. The lowest BCUT2D eigenvalue weighted by Crippen LogP contribution is -2.15. The van der Waals surface area contributed by atoms with Crippen LogP contribution in [-0.4, -0.2) is 12.2 Å². The molecule has 1 aromatic carbocycles. The normalized spacial score (nSPS) is 11.8. The number of benzene rings is 1. The van der Waals surface area contributed by atoms with Crippen molar-refractivity contribution in [3.8, 4) is 0 Å². The van der Waals surface area contributed by atoms with E-state index in [-0.39, 0.29) is 5.82 Å². The van der Waals surface area contributed by atoms with Gasteiger partial charge in [-0.05, 0) is 56.6 Å². The van der Waals surface area contributed by atoms with Crippen LogP contribution in [0.4, 0.5) is 4.39 Å². The molecule has 0 aliphatic heterocycles. The second-order valence-corrected chi connectivity index (χ2v) is 4.62. The second kappa shape index (κ2) is 4.29. The van der Waals surface area contributed by atoms with Gasteiger partial charge in [0.05, 0.1) is 5.60 Å². The minimum absolute atomic E-state index is 0.331. The molecule has 0 amide bonds. The highest BCUT2D eigenvalue weighted by Crippen LogP contribution is 2.25. The Morgan fingerprint density at radius 2 is 2.00 bits per heavy atom. The Hall–Kier alpha value is -0.580. The van der Waals surface area contributed by atoms with E-state index in [0.717, 1.165) is 4.90 Å². The van der Waals surface area contributed by atoms with Crippen molar-refractivity contribution >= 4 is 11.9 Å². The van der Waals surface area contributed by atoms with Crippen molar-refractivity contribution < 1.29 is 9.50 Å². The molecule has 0 fully saturated rings. The lowest BCUT2D eigenvalue weighted by Gasteiger charge is -2.18. The van der Waals surface area contributed by atoms with Crippen molar-refractivity contribution in [2.24, 2.45) is 0 Å². The molecule has 78 valence electrons. The van der Waals surface area contributed by atoms with Crippen molar-refractivity contribution in [1.82, 2.24) is 4.72 Å². The van der Waals surface area contributed by atoms with Gasteiger partial charge >= 0.3 is 0 Å². The molecule has 4 heteroatoms. The molecule has 0 unspecified atom stereocenters. The fraction of sp³-hybridized carbons (Fsp3) is 0.400. The van der Waals surface area contributed by atoms with E-state index in [1.165, 1.54) is 24.1 Å². The van der Waals surface area contributed by atoms with Crippen LogP contribution in [0.2, 0.25) is 0 Å². The minimum atomic E-state index is -1.01. The Bertz CT molecular complexity index is 322. The molecular weight excluding hydrogens is 201 g/mol. The number of hydrogen-bond acceptors (Lipinski definition) is 3. The first kappa shape index (κ1) is 11.5. The van der Waals surface area contributed by atoms with Gasteiger partial charge in [0.25, 0.3) is 0 Å². The Kier molecular flexibility index (Phi) is 3.53. The van der Waals surface area contributed by atoms with Gasteiger partial charge in [0.15, 0.2) is 0 Å². The quantitative estimate of drug-likeness (QED) is 0.759. The lowest BCUT2D eigenvalue weighted by molar-refractivity contribution is 0.0780. The third-order valence-corrected chi connectivity index (χ3v) is 2.47. The van der Waals surface area contributed by atoms with Crippen LogP contribution in [0.1, 0.15) is 19.4 Å². The Morgan fingerprint density at radius 1 is 1.36 bits per heavy atom. The Morgan fingerprint density at radius 3 is 2.50 bits per heavy atom. The molecule has 2 nitrogen and oxygen atoms in total. The van der Waals surface area contributed by atoms with Gasteiger partial charge in [0.2, 0.25) is 0 Å². The third-order valence-electron chi connectivity index (χ3n) is 1.80. The van der Waals surface area contributed by atoms with E-state index >= 15 is 0 Å². The van der Waals surface area contributed by atoms with E-state index in [2.05, 4.69) is 4.72 Å². The molecule has 0 heterocycles. The van der Waals surface area contributed by atoms with Crippen molar-refractivity contribution in [2.45, 2.75) is 24.3 Å². The highest BCUT2D eigenvalue weighted by atomic mass is 32.2. The van der Waals surface area contributed by atoms with Gasteiger partial charge in [0.1, 0.15) is 5.82 Å². The minimum Gasteiger partial charge on any atom is -0.386 e. The van der Waals surface area contributed by atoms with Crippen LogP contribution in [0.25, 0.3) is 0 Å². The lowest BCUT2D eigenvalue weighted by atomic mass is 9.99. The van der Waals surface area contributed by atoms with Crippen molar-refractivity contribution in [2.75, 3.05) is 7.05 Å². The molecule has 2 N–H and O–H groups in total. The molecular formula is C10H14FNOS. The molecule has 0 atom stereocenters. The molecule has 0 radical (unpaired) electrons. The smallest absolute Gasteiger partial charge is 0.124 e. The van der Waals surface area contributed by atoms with Gasteiger partial charge in [-0.25, -0.2) is 4.39 Å². The van der Waals surface area contributed by atoms with Crippen molar-refractivity contribution in [3.05, 3.63) is 29.6 Å². The van der Waals surface area contributed by atoms with Crippen molar-refractivity contribution in [3.63, 3.8) is 0 Å². The predicted octanol–water partition coefficient (Wildman–Crippen LogP) is 2.28. The van der Waals surface area contributed by atoms with Crippen LogP contribution in [0.15, 0.2) is 23.1 Å². The summed E-state index contributed by atoms with van der Waals surface area (Å²) in [5, 5.41) is 9.71. The van der Waals surface area contributed by atoms with Gasteiger partial charge in [-0.15, -0.1) is 0 Å². The summed E-state index contributed by atoms with van der Waals surface area (Å²) >= 11 is 1.32. The molecule has 14 heavy (non-hydrogen) atoms. The van der Waals surface area contributed by atoms with Gasteiger partial charge in [-0.3, -0.25) is 4.72 Å². The van der Waals surface area contributed by atoms with E-state index in [1.54, 1.807) is 27.0 Å². The fourth-order valence-corrected chi connectivity index (χ4v) is 1.69. The van der Waals surface area contributed by atoms with Gasteiger partial charge < -0.3 is 5.11 Å². The highest BCUT2D eigenvalue weighted by Gasteiger charge is 2.17. The van der Waals surface area contributed by atoms with Crippen LogP contribution in [-0.2, 0) is 5.60 Å². The van der Waals surface area contributed by atoms with E-state index in [9.17, 15) is 9.50 Å². The van der Waals surface area contributed by atoms with Crippen LogP contribution >= 0.6 is 11.9 Å². The summed E-state index contributed by atoms with van der Waals surface area (Å²) in [6, 6.07) is 4.54. The van der Waals surface area contributed by atoms with Gasteiger partial charge in [-0.1, -0.05) is 0 Å². The third kappa shape index (κ3) is 2.97. The maximum Gasteiger partial charge on any atom is 0.124 e. The average Bonchev–Trinajstić information content (AvgIpc) is 2.02. The Labute approximate surface area is 87.7 Å². The predicted molar refractivity (Wildman–Crippen MR) is 56.6 cm³/mol. The van der Waals surface area contributed by atoms with Crippen LogP contribution < -0.4 is 4.72 Å². The molecule has 1 aromatic rings. The van der Waals surface area contributed by atoms with E-state index in [4.69, 9.17) is 0 Å². The van der Waals surface area contributed by atoms with Crippen LogP contribution in [0.3, 0.4) is 0 Å². The standard InChI is InChI=1S/C10H14FNOS/c1-10(2,13)7-4-8(11)6-9(5-7)14-12-3/h4-6,12-13H,1-3H3. The summed E-state index contributed by atoms with van der Waals surface area (Å²) in [7, 11) is 1.76. The van der Waals surface area contributed by atoms with Crippen LogP contribution in [0.5, 0.6) is 0 Å². The molecule has 1 rings (SSSR count). The summed E-state index contributed by atoms with van der Waals surface area (Å²) < 4.78 is 16.0. The van der Waals surface area contributed by atoms with Gasteiger partial charge in [-0.2, -0.15) is 0 Å². The van der Waals surface area contributed by atoms with Crippen LogP contribution in [0, 0.1) is 5.82 Å². The molecule has 0 aliphatic rings. The zero-order valence-electron chi connectivity index (χ0n) is 8.47. The number of rotatable bonds is 3. The maximum absolute atomic E-state index is 13.1. The highest BCUT2D eigenvalue weighted by molar-refractivity contribution is 7.97. The molecule has 0 saturated carbocycles. The zero-order chi connectivity index (χ0) is 10.8. The maximum atomic E-state index is 13.1. The Balaban J connectivity index is 3.07. The van der Waals surface area contributed by atoms with Gasteiger partial charge in [0, 0.05) is 4.90 Å². The summed E-state index contributed by atoms with van der Waals surface area (Å²) in [6.07, 6.45) is 0. The number of halogens is 1. The fourth-order valence-electron chi connectivity index (χ4n) is 1.09. The summed E-state index contributed by atoms with van der Waals surface area (Å²) in [4.78, 5) is 0.754. The van der Waals surface area contributed by atoms with E-state index < -0.39 is 5.60 Å². The summed E-state index contributed by atoms with van der Waals surface area (Å²) in [5.74, 6) is -0.331. The molecule has 0 bridgehead atoms. The van der Waals surface area contributed by atoms with E-state index in [0.29, 0.717) is 5.56 Å².